The van der Waals surface area contributed by atoms with Gasteiger partial charge in [0.1, 0.15) is 12.4 Å². The standard InChI is InChI=1S/C27H22ClN3O4S/c28-23-12-6-21(7-13-23)19-35-25-16-8-20(9-17-25)18-29-30-27(32)22-10-14-24(15-11-22)31-36(33,34)26-4-2-1-3-5-26/h1-18,31H,19H2,(H,30,32)/b29-18-. The highest BCUT2D eigenvalue weighted by Crippen LogP contribution is 2.17. The first-order chi connectivity index (χ1) is 17.4. The highest BCUT2D eigenvalue weighted by molar-refractivity contribution is 7.92. The second kappa shape index (κ2) is 11.5. The van der Waals surface area contributed by atoms with Crippen LogP contribution in [0.2, 0.25) is 5.02 Å². The van der Waals surface area contributed by atoms with Crippen LogP contribution in [0.25, 0.3) is 0 Å². The summed E-state index contributed by atoms with van der Waals surface area (Å²) in [6.45, 7) is 0.424. The maximum atomic E-state index is 12.4. The average molecular weight is 520 g/mol. The fourth-order valence-electron chi connectivity index (χ4n) is 3.13. The zero-order valence-electron chi connectivity index (χ0n) is 19.0. The summed E-state index contributed by atoms with van der Waals surface area (Å²) in [7, 11) is -3.70. The smallest absolute Gasteiger partial charge is 0.271 e. The predicted molar refractivity (Wildman–Crippen MR) is 141 cm³/mol. The molecule has 7 nitrogen and oxygen atoms in total. The third kappa shape index (κ3) is 6.94. The number of sulfonamides is 1. The predicted octanol–water partition coefficient (Wildman–Crippen LogP) is 5.48. The average Bonchev–Trinajstić information content (AvgIpc) is 2.90. The molecule has 0 radical (unpaired) electrons. The first-order valence-corrected chi connectivity index (χ1v) is 12.7. The molecule has 0 unspecified atom stereocenters. The van der Waals surface area contributed by atoms with Crippen molar-refractivity contribution in [3.63, 3.8) is 0 Å². The van der Waals surface area contributed by atoms with Gasteiger partial charge in [-0.1, -0.05) is 41.9 Å². The molecule has 182 valence electrons. The molecule has 0 heterocycles. The molecule has 4 rings (SSSR count). The Bertz CT molecular complexity index is 1440. The second-order valence-corrected chi connectivity index (χ2v) is 9.80. The Kier molecular flexibility index (Phi) is 7.99. The number of carbonyl (C=O) groups is 1. The molecular formula is C27H22ClN3O4S. The topological polar surface area (TPSA) is 96.9 Å². The number of nitrogens with zero attached hydrogens (tertiary/aromatic N) is 1. The van der Waals surface area contributed by atoms with E-state index in [1.54, 1.807) is 18.2 Å². The molecule has 2 N–H and O–H groups in total. The van der Waals surface area contributed by atoms with Crippen LogP contribution in [0.4, 0.5) is 5.69 Å². The minimum atomic E-state index is -3.70. The normalized spacial score (nSPS) is 11.2. The quantitative estimate of drug-likeness (QED) is 0.226. The number of benzene rings is 4. The van der Waals surface area contributed by atoms with Gasteiger partial charge in [-0.2, -0.15) is 5.10 Å². The Balaban J connectivity index is 1.27. The van der Waals surface area contributed by atoms with Crippen molar-refractivity contribution in [3.8, 4) is 5.75 Å². The van der Waals surface area contributed by atoms with Crippen LogP contribution in [0.15, 0.2) is 113 Å². The van der Waals surface area contributed by atoms with Gasteiger partial charge >= 0.3 is 0 Å². The molecule has 0 bridgehead atoms. The maximum Gasteiger partial charge on any atom is 0.271 e. The Morgan fingerprint density at radius 1 is 0.861 bits per heavy atom. The molecule has 0 saturated carbocycles. The van der Waals surface area contributed by atoms with E-state index < -0.39 is 15.9 Å². The lowest BCUT2D eigenvalue weighted by molar-refractivity contribution is 0.0955. The van der Waals surface area contributed by atoms with Crippen molar-refractivity contribution in [2.75, 3.05) is 4.72 Å². The van der Waals surface area contributed by atoms with Crippen molar-refractivity contribution in [1.82, 2.24) is 5.43 Å². The molecule has 0 aliphatic carbocycles. The fraction of sp³-hybridized carbons (Fsp3) is 0.0370. The number of rotatable bonds is 9. The number of anilines is 1. The highest BCUT2D eigenvalue weighted by Gasteiger charge is 2.13. The van der Waals surface area contributed by atoms with Gasteiger partial charge in [0.05, 0.1) is 11.1 Å². The SMILES string of the molecule is O=C(N/N=C\c1ccc(OCc2ccc(Cl)cc2)cc1)c1ccc(NS(=O)(=O)c2ccccc2)cc1. The third-order valence-electron chi connectivity index (χ3n) is 5.03. The van der Waals surface area contributed by atoms with Gasteiger partial charge in [0.2, 0.25) is 0 Å². The van der Waals surface area contributed by atoms with Gasteiger partial charge in [0.25, 0.3) is 15.9 Å². The van der Waals surface area contributed by atoms with Gasteiger partial charge in [0, 0.05) is 16.3 Å². The van der Waals surface area contributed by atoms with Gasteiger partial charge in [-0.3, -0.25) is 9.52 Å². The number of carbonyl (C=O) groups excluding carboxylic acids is 1. The van der Waals surface area contributed by atoms with Crippen LogP contribution in [0.5, 0.6) is 5.75 Å². The van der Waals surface area contributed by atoms with E-state index in [1.165, 1.54) is 42.6 Å². The number of hydrogen-bond acceptors (Lipinski definition) is 5. The van der Waals surface area contributed by atoms with Crippen LogP contribution >= 0.6 is 11.6 Å². The van der Waals surface area contributed by atoms with Crippen LogP contribution in [-0.2, 0) is 16.6 Å². The first kappa shape index (κ1) is 25.0. The summed E-state index contributed by atoms with van der Waals surface area (Å²) in [5, 5.41) is 4.66. The van der Waals surface area contributed by atoms with Gasteiger partial charge < -0.3 is 4.74 Å². The molecule has 1 amide bonds. The summed E-state index contributed by atoms with van der Waals surface area (Å²) in [6, 6.07) is 28.8. The largest absolute Gasteiger partial charge is 0.489 e. The van der Waals surface area contributed by atoms with E-state index >= 15 is 0 Å². The molecule has 4 aromatic rings. The lowest BCUT2D eigenvalue weighted by atomic mass is 10.2. The highest BCUT2D eigenvalue weighted by atomic mass is 35.5. The number of nitrogens with one attached hydrogen (secondary N) is 2. The first-order valence-electron chi connectivity index (χ1n) is 10.9. The van der Waals surface area contributed by atoms with E-state index in [9.17, 15) is 13.2 Å². The lowest BCUT2D eigenvalue weighted by Gasteiger charge is -2.08. The Morgan fingerprint density at radius 3 is 2.19 bits per heavy atom. The second-order valence-electron chi connectivity index (χ2n) is 7.68. The van der Waals surface area contributed by atoms with Gasteiger partial charge in [-0.15, -0.1) is 0 Å². The van der Waals surface area contributed by atoms with Crippen molar-refractivity contribution in [1.29, 1.82) is 0 Å². The van der Waals surface area contributed by atoms with Crippen molar-refractivity contribution in [2.24, 2.45) is 5.10 Å². The Labute approximate surface area is 214 Å². The minimum Gasteiger partial charge on any atom is -0.489 e. The number of hydrazone groups is 1. The molecule has 0 spiro atoms. The molecule has 0 aromatic heterocycles. The van der Waals surface area contributed by atoms with Crippen molar-refractivity contribution >= 4 is 39.4 Å². The molecule has 0 fully saturated rings. The van der Waals surface area contributed by atoms with Gasteiger partial charge in [0.15, 0.2) is 0 Å². The number of halogens is 1. The lowest BCUT2D eigenvalue weighted by Crippen LogP contribution is -2.18. The molecule has 0 atom stereocenters. The fourth-order valence-corrected chi connectivity index (χ4v) is 4.34. The molecule has 0 aliphatic rings. The van der Waals surface area contributed by atoms with Crippen LogP contribution in [0.3, 0.4) is 0 Å². The zero-order chi connectivity index (χ0) is 25.4. The van der Waals surface area contributed by atoms with Crippen molar-refractivity contribution < 1.29 is 17.9 Å². The number of hydrogen-bond donors (Lipinski definition) is 2. The summed E-state index contributed by atoms with van der Waals surface area (Å²) in [5.74, 6) is 0.278. The Morgan fingerprint density at radius 2 is 1.53 bits per heavy atom. The third-order valence-corrected chi connectivity index (χ3v) is 6.68. The summed E-state index contributed by atoms with van der Waals surface area (Å²) in [6.07, 6.45) is 1.52. The van der Waals surface area contributed by atoms with E-state index in [4.69, 9.17) is 16.3 Å². The molecule has 0 saturated heterocycles. The Hall–Kier alpha value is -4.14. The zero-order valence-corrected chi connectivity index (χ0v) is 20.5. The number of amides is 1. The van der Waals surface area contributed by atoms with Crippen LogP contribution < -0.4 is 14.9 Å². The molecule has 9 heteroatoms. The summed E-state index contributed by atoms with van der Waals surface area (Å²) in [5.41, 5.74) is 4.92. The van der Waals surface area contributed by atoms with Crippen LogP contribution in [0.1, 0.15) is 21.5 Å². The minimum absolute atomic E-state index is 0.155. The van der Waals surface area contributed by atoms with Crippen LogP contribution in [-0.4, -0.2) is 20.5 Å². The van der Waals surface area contributed by atoms with Crippen molar-refractivity contribution in [2.45, 2.75) is 11.5 Å². The van der Waals surface area contributed by atoms with E-state index in [0.717, 1.165) is 11.1 Å². The maximum absolute atomic E-state index is 12.4. The van der Waals surface area contributed by atoms with E-state index in [1.807, 2.05) is 48.5 Å². The number of ether oxygens (including phenoxy) is 1. The molecule has 0 aliphatic heterocycles. The van der Waals surface area contributed by atoms with Gasteiger partial charge in [-0.05, 0) is 83.9 Å². The van der Waals surface area contributed by atoms with E-state index in [0.29, 0.717) is 28.6 Å². The molecule has 4 aromatic carbocycles. The van der Waals surface area contributed by atoms with E-state index in [-0.39, 0.29) is 4.90 Å². The monoisotopic (exact) mass is 519 g/mol. The van der Waals surface area contributed by atoms with E-state index in [2.05, 4.69) is 15.2 Å². The molecule has 36 heavy (non-hydrogen) atoms. The summed E-state index contributed by atoms with van der Waals surface area (Å²) < 4.78 is 33.1. The van der Waals surface area contributed by atoms with Crippen molar-refractivity contribution in [3.05, 3.63) is 125 Å². The molecular weight excluding hydrogens is 498 g/mol. The summed E-state index contributed by atoms with van der Waals surface area (Å²) >= 11 is 5.89. The van der Waals surface area contributed by atoms with Gasteiger partial charge in [-0.25, -0.2) is 13.8 Å². The van der Waals surface area contributed by atoms with Crippen LogP contribution in [0, 0.1) is 0 Å². The summed E-state index contributed by atoms with van der Waals surface area (Å²) in [4.78, 5) is 12.5.